The molecule has 1 unspecified atom stereocenters. The molecule has 1 N–H and O–H groups in total. The first-order chi connectivity index (χ1) is 20.4. The van der Waals surface area contributed by atoms with Crippen LogP contribution < -0.4 is 14.8 Å². The maximum atomic E-state index is 13.5. The van der Waals surface area contributed by atoms with Gasteiger partial charge >= 0.3 is 0 Å². The molecule has 2 amide bonds. The topological polar surface area (TPSA) is 111 Å². The fourth-order valence-electron chi connectivity index (χ4n) is 4.46. The second-order valence-corrected chi connectivity index (χ2v) is 10.7. The molecule has 5 rings (SSSR count). The zero-order valence-electron chi connectivity index (χ0n) is 23.7. The number of benzene rings is 3. The molecule has 1 aromatic heterocycles. The quantitative estimate of drug-likeness (QED) is 0.262. The number of amides is 2. The number of hydrazone groups is 1. The first-order valence-corrected chi connectivity index (χ1v) is 14.5. The summed E-state index contributed by atoms with van der Waals surface area (Å²) < 4.78 is 12.5. The highest BCUT2D eigenvalue weighted by molar-refractivity contribution is 7.99. The number of hydrogen-bond donors (Lipinski definition) is 1. The zero-order valence-corrected chi connectivity index (χ0v) is 24.5. The van der Waals surface area contributed by atoms with Crippen molar-refractivity contribution in [2.45, 2.75) is 31.1 Å². The van der Waals surface area contributed by atoms with E-state index in [1.165, 1.54) is 11.8 Å². The molecule has 0 saturated carbocycles. The first kappa shape index (κ1) is 28.9. The van der Waals surface area contributed by atoms with E-state index in [0.717, 1.165) is 28.2 Å². The summed E-state index contributed by atoms with van der Waals surface area (Å²) >= 11 is 1.28. The van der Waals surface area contributed by atoms with E-state index in [1.54, 1.807) is 35.9 Å². The minimum atomic E-state index is -0.270. The van der Waals surface area contributed by atoms with Gasteiger partial charge in [-0.25, -0.2) is 5.01 Å². The Morgan fingerprint density at radius 3 is 2.43 bits per heavy atom. The van der Waals surface area contributed by atoms with E-state index in [4.69, 9.17) is 14.6 Å². The maximum Gasteiger partial charge on any atom is 0.258 e. The summed E-state index contributed by atoms with van der Waals surface area (Å²) in [6.45, 7) is 2.12. The average molecular weight is 585 g/mol. The van der Waals surface area contributed by atoms with Gasteiger partial charge in [-0.2, -0.15) is 5.10 Å². The van der Waals surface area contributed by atoms with E-state index < -0.39 is 0 Å². The zero-order chi connectivity index (χ0) is 29.5. The molecular formula is C31H32N6O4S. The van der Waals surface area contributed by atoms with Gasteiger partial charge < -0.3 is 19.4 Å². The van der Waals surface area contributed by atoms with Crippen LogP contribution >= 0.6 is 11.8 Å². The van der Waals surface area contributed by atoms with Gasteiger partial charge in [-0.1, -0.05) is 59.8 Å². The van der Waals surface area contributed by atoms with E-state index in [-0.39, 0.29) is 36.8 Å². The lowest BCUT2D eigenvalue weighted by Gasteiger charge is -2.22. The van der Waals surface area contributed by atoms with Gasteiger partial charge in [0.05, 0.1) is 31.2 Å². The smallest absolute Gasteiger partial charge is 0.258 e. The highest BCUT2D eigenvalue weighted by atomic mass is 32.2. The molecule has 0 saturated heterocycles. The van der Waals surface area contributed by atoms with Crippen LogP contribution in [0.25, 0.3) is 0 Å². The number of methoxy groups -OCH3 is 1. The van der Waals surface area contributed by atoms with Crippen LogP contribution in [0.4, 0.5) is 0 Å². The number of aromatic nitrogens is 3. The standard InChI is InChI=1S/C31H32N6O4S/c1-21-9-11-23(12-10-21)27-17-26(22-13-15-24(40-3)16-14-22)35-37(27)30(39)20-42-31-34-33-28(36(31)2)18-32-29(38)19-41-25-7-5-4-6-8-25/h4-16,27H,17-20H2,1-3H3,(H,32,38). The van der Waals surface area contributed by atoms with Crippen molar-refractivity contribution in [1.82, 2.24) is 25.1 Å². The van der Waals surface area contributed by atoms with Gasteiger partial charge in [-0.15, -0.1) is 10.2 Å². The van der Waals surface area contributed by atoms with Crippen LogP contribution in [0.15, 0.2) is 89.1 Å². The van der Waals surface area contributed by atoms with Crippen LogP contribution in [-0.2, 0) is 23.2 Å². The molecule has 1 aliphatic rings. The number of carbonyl (C=O) groups is 2. The van der Waals surface area contributed by atoms with Crippen molar-refractivity contribution in [2.75, 3.05) is 19.5 Å². The molecule has 1 atom stereocenters. The van der Waals surface area contributed by atoms with E-state index in [2.05, 4.69) is 15.5 Å². The molecule has 0 fully saturated rings. The number of rotatable bonds is 11. The van der Waals surface area contributed by atoms with E-state index >= 15 is 0 Å². The summed E-state index contributed by atoms with van der Waals surface area (Å²) in [4.78, 5) is 25.7. The van der Waals surface area contributed by atoms with Crippen molar-refractivity contribution < 1.29 is 19.1 Å². The summed E-state index contributed by atoms with van der Waals surface area (Å²) in [5.74, 6) is 1.68. The molecule has 2 heterocycles. The molecule has 10 nitrogen and oxygen atoms in total. The van der Waals surface area contributed by atoms with Gasteiger partial charge in [-0.05, 0) is 54.4 Å². The number of para-hydroxylation sites is 1. The Bertz CT molecular complexity index is 1550. The van der Waals surface area contributed by atoms with Gasteiger partial charge in [0.15, 0.2) is 17.6 Å². The first-order valence-electron chi connectivity index (χ1n) is 13.5. The molecule has 3 aromatic carbocycles. The number of nitrogens with zero attached hydrogens (tertiary/aromatic N) is 5. The SMILES string of the molecule is COc1ccc(C2=NN(C(=O)CSc3nnc(CNC(=O)COc4ccccc4)n3C)C(c3ccc(C)cc3)C2)cc1. The predicted molar refractivity (Wildman–Crippen MR) is 160 cm³/mol. The molecule has 11 heteroatoms. The van der Waals surface area contributed by atoms with Crippen LogP contribution in [0.3, 0.4) is 0 Å². The third-order valence-electron chi connectivity index (χ3n) is 6.86. The number of hydrogen-bond acceptors (Lipinski definition) is 8. The van der Waals surface area contributed by atoms with Crippen molar-refractivity contribution in [2.24, 2.45) is 12.1 Å². The fraction of sp³-hybridized carbons (Fsp3) is 0.258. The fourth-order valence-corrected chi connectivity index (χ4v) is 5.24. The minimum absolute atomic E-state index is 0.102. The Morgan fingerprint density at radius 1 is 0.976 bits per heavy atom. The van der Waals surface area contributed by atoms with E-state index in [0.29, 0.717) is 23.2 Å². The molecular weight excluding hydrogens is 552 g/mol. The predicted octanol–water partition coefficient (Wildman–Crippen LogP) is 4.30. The summed E-state index contributed by atoms with van der Waals surface area (Å²) in [5, 5.41) is 18.1. The lowest BCUT2D eigenvalue weighted by atomic mass is 9.97. The number of aryl methyl sites for hydroxylation is 1. The van der Waals surface area contributed by atoms with E-state index in [1.807, 2.05) is 73.7 Å². The van der Waals surface area contributed by atoms with Gasteiger partial charge in [0.25, 0.3) is 11.8 Å². The number of ether oxygens (including phenoxy) is 2. The van der Waals surface area contributed by atoms with Gasteiger partial charge in [0.2, 0.25) is 0 Å². The van der Waals surface area contributed by atoms with Crippen LogP contribution in [0.1, 0.15) is 35.0 Å². The number of thioether (sulfide) groups is 1. The van der Waals surface area contributed by atoms with Crippen molar-refractivity contribution in [3.05, 3.63) is 101 Å². The Kier molecular flexibility index (Phi) is 9.18. The van der Waals surface area contributed by atoms with Crippen LogP contribution in [0.2, 0.25) is 0 Å². The van der Waals surface area contributed by atoms with Gasteiger partial charge in [0.1, 0.15) is 11.5 Å². The number of carbonyl (C=O) groups excluding carboxylic acids is 2. The van der Waals surface area contributed by atoms with Gasteiger partial charge in [0, 0.05) is 13.5 Å². The Labute approximate surface area is 248 Å². The second kappa shape index (κ2) is 13.3. The Balaban J connectivity index is 1.22. The maximum absolute atomic E-state index is 13.5. The summed E-state index contributed by atoms with van der Waals surface area (Å²) in [6.07, 6.45) is 0.605. The lowest BCUT2D eigenvalue weighted by molar-refractivity contribution is -0.130. The molecule has 1 aliphatic heterocycles. The third-order valence-corrected chi connectivity index (χ3v) is 7.86. The molecule has 0 aliphatic carbocycles. The molecule has 0 spiro atoms. The van der Waals surface area contributed by atoms with Crippen LogP contribution in [0, 0.1) is 6.92 Å². The highest BCUT2D eigenvalue weighted by Gasteiger charge is 2.33. The molecule has 42 heavy (non-hydrogen) atoms. The third kappa shape index (κ3) is 6.98. The average Bonchev–Trinajstić information content (AvgIpc) is 3.62. The van der Waals surface area contributed by atoms with Crippen molar-refractivity contribution in [1.29, 1.82) is 0 Å². The van der Waals surface area contributed by atoms with Crippen molar-refractivity contribution >= 4 is 29.3 Å². The number of nitrogens with one attached hydrogen (secondary N) is 1. The van der Waals surface area contributed by atoms with Crippen LogP contribution in [0.5, 0.6) is 11.5 Å². The Morgan fingerprint density at radius 2 is 1.71 bits per heavy atom. The summed E-state index contributed by atoms with van der Waals surface area (Å²) in [5.41, 5.74) is 3.97. The largest absolute Gasteiger partial charge is 0.497 e. The summed E-state index contributed by atoms with van der Waals surface area (Å²) in [6, 6.07) is 24.8. The highest BCUT2D eigenvalue weighted by Crippen LogP contribution is 2.34. The molecule has 0 bridgehead atoms. The lowest BCUT2D eigenvalue weighted by Crippen LogP contribution is -2.29. The molecule has 4 aromatic rings. The molecule has 0 radical (unpaired) electrons. The van der Waals surface area contributed by atoms with Crippen molar-refractivity contribution in [3.8, 4) is 11.5 Å². The van der Waals surface area contributed by atoms with E-state index in [9.17, 15) is 9.59 Å². The van der Waals surface area contributed by atoms with Crippen molar-refractivity contribution in [3.63, 3.8) is 0 Å². The van der Waals surface area contributed by atoms with Gasteiger partial charge in [-0.3, -0.25) is 9.59 Å². The second-order valence-electron chi connectivity index (χ2n) is 9.77. The van der Waals surface area contributed by atoms with Crippen LogP contribution in [-0.4, -0.2) is 56.8 Å². The Hall–Kier alpha value is -4.64. The minimum Gasteiger partial charge on any atom is -0.497 e. The monoisotopic (exact) mass is 584 g/mol. The normalized spacial score (nSPS) is 14.4. The molecule has 216 valence electrons. The summed E-state index contributed by atoms with van der Waals surface area (Å²) in [7, 11) is 3.44.